The van der Waals surface area contributed by atoms with Crippen molar-refractivity contribution in [1.82, 2.24) is 5.32 Å². The Kier molecular flexibility index (Phi) is 5.53. The molecule has 0 saturated heterocycles. The molecule has 0 atom stereocenters. The molecule has 0 aliphatic rings. The van der Waals surface area contributed by atoms with Crippen molar-refractivity contribution in [3.05, 3.63) is 70.7 Å². The molecule has 0 saturated carbocycles. The minimum Gasteiger partial charge on any atom is -0.496 e. The Labute approximate surface area is 159 Å². The molecule has 0 fully saturated rings. The van der Waals surface area contributed by atoms with E-state index in [-0.39, 0.29) is 18.4 Å². The van der Waals surface area contributed by atoms with Crippen LogP contribution in [0.15, 0.2) is 65.1 Å². The number of halogens is 1. The molecular weight excluding hydrogens is 396 g/mol. The largest absolute Gasteiger partial charge is 0.496 e. The minimum atomic E-state index is -0.314. The van der Waals surface area contributed by atoms with Crippen molar-refractivity contribution in [3.63, 3.8) is 0 Å². The normalized spacial score (nSPS) is 10.4. The Hall–Kier alpha value is -2.86. The maximum atomic E-state index is 12.5. The van der Waals surface area contributed by atoms with Gasteiger partial charge in [-0.05, 0) is 45.6 Å². The van der Waals surface area contributed by atoms with E-state index in [9.17, 15) is 9.59 Å². The van der Waals surface area contributed by atoms with Gasteiger partial charge < -0.3 is 15.4 Å². The summed E-state index contributed by atoms with van der Waals surface area (Å²) in [6, 6.07) is 18.2. The number of ether oxygens (including phenoxy) is 1. The van der Waals surface area contributed by atoms with Crippen molar-refractivity contribution >= 4 is 44.2 Å². The number of hydrogen-bond donors (Lipinski definition) is 2. The Morgan fingerprint density at radius 3 is 2.38 bits per heavy atom. The molecule has 0 bridgehead atoms. The summed E-state index contributed by atoms with van der Waals surface area (Å²) < 4.78 is 6.12. The fourth-order valence-electron chi connectivity index (χ4n) is 2.66. The summed E-state index contributed by atoms with van der Waals surface area (Å²) >= 11 is 3.37. The quantitative estimate of drug-likeness (QED) is 0.665. The van der Waals surface area contributed by atoms with Crippen LogP contribution in [0.3, 0.4) is 0 Å². The highest BCUT2D eigenvalue weighted by molar-refractivity contribution is 9.10. The van der Waals surface area contributed by atoms with Crippen LogP contribution in [0.1, 0.15) is 10.4 Å². The summed E-state index contributed by atoms with van der Waals surface area (Å²) in [6.45, 7) is -0.124. The molecule has 5 nitrogen and oxygen atoms in total. The topological polar surface area (TPSA) is 67.4 Å². The van der Waals surface area contributed by atoms with Crippen LogP contribution in [0.4, 0.5) is 5.69 Å². The van der Waals surface area contributed by atoms with Gasteiger partial charge in [-0.3, -0.25) is 9.59 Å². The molecule has 2 N–H and O–H groups in total. The number of nitrogens with one attached hydrogen (secondary N) is 2. The van der Waals surface area contributed by atoms with Crippen molar-refractivity contribution in [1.29, 1.82) is 0 Å². The Morgan fingerprint density at radius 2 is 1.65 bits per heavy atom. The summed E-state index contributed by atoms with van der Waals surface area (Å²) in [5, 5.41) is 7.03. The van der Waals surface area contributed by atoms with Gasteiger partial charge in [0.05, 0.1) is 19.3 Å². The number of para-hydroxylation sites is 1. The first-order valence-electron chi connectivity index (χ1n) is 7.98. The second kappa shape index (κ2) is 8.01. The third kappa shape index (κ3) is 3.86. The van der Waals surface area contributed by atoms with Crippen molar-refractivity contribution < 1.29 is 14.3 Å². The van der Waals surface area contributed by atoms with E-state index in [1.807, 2.05) is 42.5 Å². The van der Waals surface area contributed by atoms with E-state index in [2.05, 4.69) is 26.6 Å². The van der Waals surface area contributed by atoms with E-state index in [4.69, 9.17) is 4.74 Å². The fraction of sp³-hybridized carbons (Fsp3) is 0.100. The number of hydrogen-bond acceptors (Lipinski definition) is 3. The smallest absolute Gasteiger partial charge is 0.252 e. The average molecular weight is 413 g/mol. The molecule has 132 valence electrons. The van der Waals surface area contributed by atoms with E-state index in [1.165, 1.54) is 0 Å². The number of carbonyl (C=O) groups is 2. The van der Waals surface area contributed by atoms with Crippen molar-refractivity contribution in [3.8, 4) is 5.75 Å². The van der Waals surface area contributed by atoms with Crippen LogP contribution in [0.25, 0.3) is 10.8 Å². The Bertz CT molecular complexity index is 972. The first-order chi connectivity index (χ1) is 12.6. The van der Waals surface area contributed by atoms with Gasteiger partial charge in [-0.15, -0.1) is 0 Å². The number of fused-ring (bicyclic) bond motifs is 1. The van der Waals surface area contributed by atoms with Gasteiger partial charge >= 0.3 is 0 Å². The molecule has 0 aliphatic carbocycles. The third-order valence-electron chi connectivity index (χ3n) is 3.91. The van der Waals surface area contributed by atoms with Crippen LogP contribution in [0.5, 0.6) is 5.75 Å². The lowest BCUT2D eigenvalue weighted by Gasteiger charge is -2.11. The lowest BCUT2D eigenvalue weighted by molar-refractivity contribution is -0.115. The molecule has 2 amide bonds. The van der Waals surface area contributed by atoms with Gasteiger partial charge in [-0.1, -0.05) is 36.4 Å². The second-order valence-electron chi connectivity index (χ2n) is 5.57. The lowest BCUT2D eigenvalue weighted by atomic mass is 10.0. The number of rotatable bonds is 5. The minimum absolute atomic E-state index is 0.124. The van der Waals surface area contributed by atoms with Gasteiger partial charge in [0.2, 0.25) is 5.91 Å². The molecule has 3 aromatic rings. The number of benzene rings is 3. The first kappa shape index (κ1) is 17.9. The molecule has 0 aliphatic heterocycles. The maximum absolute atomic E-state index is 12.5. The predicted octanol–water partition coefficient (Wildman–Crippen LogP) is 3.98. The Morgan fingerprint density at radius 1 is 0.962 bits per heavy atom. The SMILES string of the molecule is COc1ccc(C(=O)NCC(=O)Nc2ccccc2Br)c2ccccc12. The molecule has 0 unspecified atom stereocenters. The molecule has 0 aromatic heterocycles. The zero-order valence-electron chi connectivity index (χ0n) is 14.1. The van der Waals surface area contributed by atoms with Gasteiger partial charge in [0, 0.05) is 15.4 Å². The molecule has 0 radical (unpaired) electrons. The highest BCUT2D eigenvalue weighted by atomic mass is 79.9. The summed E-state index contributed by atoms with van der Waals surface area (Å²) in [4.78, 5) is 24.6. The monoisotopic (exact) mass is 412 g/mol. The number of carbonyl (C=O) groups excluding carboxylic acids is 2. The lowest BCUT2D eigenvalue weighted by Crippen LogP contribution is -2.33. The fourth-order valence-corrected chi connectivity index (χ4v) is 3.04. The highest BCUT2D eigenvalue weighted by Crippen LogP contribution is 2.28. The molecule has 0 heterocycles. The van der Waals surface area contributed by atoms with Gasteiger partial charge in [0.15, 0.2) is 0 Å². The average Bonchev–Trinajstić information content (AvgIpc) is 2.67. The van der Waals surface area contributed by atoms with Crippen molar-refractivity contribution in [2.75, 3.05) is 19.0 Å². The van der Waals surface area contributed by atoms with Crippen LogP contribution in [-0.2, 0) is 4.79 Å². The highest BCUT2D eigenvalue weighted by Gasteiger charge is 2.14. The van der Waals surface area contributed by atoms with Crippen molar-refractivity contribution in [2.45, 2.75) is 0 Å². The number of anilines is 1. The zero-order valence-corrected chi connectivity index (χ0v) is 15.7. The zero-order chi connectivity index (χ0) is 18.5. The number of methoxy groups -OCH3 is 1. The predicted molar refractivity (Wildman–Crippen MR) is 106 cm³/mol. The van der Waals surface area contributed by atoms with E-state index < -0.39 is 0 Å². The molecule has 6 heteroatoms. The summed E-state index contributed by atoms with van der Waals surface area (Å²) in [7, 11) is 1.59. The third-order valence-corrected chi connectivity index (χ3v) is 4.60. The summed E-state index contributed by atoms with van der Waals surface area (Å²) in [6.07, 6.45) is 0. The van der Waals surface area contributed by atoms with Crippen LogP contribution < -0.4 is 15.4 Å². The van der Waals surface area contributed by atoms with Crippen molar-refractivity contribution in [2.24, 2.45) is 0 Å². The molecule has 26 heavy (non-hydrogen) atoms. The van der Waals surface area contributed by atoms with E-state index >= 15 is 0 Å². The van der Waals surface area contributed by atoms with E-state index in [1.54, 1.807) is 25.3 Å². The van der Waals surface area contributed by atoms with Crippen LogP contribution in [0.2, 0.25) is 0 Å². The van der Waals surface area contributed by atoms with Gasteiger partial charge in [-0.2, -0.15) is 0 Å². The van der Waals surface area contributed by atoms with Crippen LogP contribution in [0, 0.1) is 0 Å². The van der Waals surface area contributed by atoms with Gasteiger partial charge in [-0.25, -0.2) is 0 Å². The second-order valence-corrected chi connectivity index (χ2v) is 6.43. The molecule has 0 spiro atoms. The van der Waals surface area contributed by atoms with Crippen LogP contribution >= 0.6 is 15.9 Å². The van der Waals surface area contributed by atoms with E-state index in [0.29, 0.717) is 17.0 Å². The summed E-state index contributed by atoms with van der Waals surface area (Å²) in [5.41, 5.74) is 1.15. The first-order valence-corrected chi connectivity index (χ1v) is 8.78. The van der Waals surface area contributed by atoms with Crippen LogP contribution in [-0.4, -0.2) is 25.5 Å². The van der Waals surface area contributed by atoms with Gasteiger partial charge in [0.1, 0.15) is 5.75 Å². The number of amides is 2. The Balaban J connectivity index is 1.72. The summed E-state index contributed by atoms with van der Waals surface area (Å²) in [5.74, 6) is 0.0815. The molecule has 3 aromatic carbocycles. The molecular formula is C20H17BrN2O3. The molecule has 3 rings (SSSR count). The maximum Gasteiger partial charge on any atom is 0.252 e. The standard InChI is InChI=1S/C20H17BrN2O3/c1-26-18-11-10-15(13-6-2-3-7-14(13)18)20(25)22-12-19(24)23-17-9-5-4-8-16(17)21/h2-11H,12H2,1H3,(H,22,25)(H,23,24). The van der Waals surface area contributed by atoms with E-state index in [0.717, 1.165) is 15.2 Å². The van der Waals surface area contributed by atoms with Gasteiger partial charge in [0.25, 0.3) is 5.91 Å².